The summed E-state index contributed by atoms with van der Waals surface area (Å²) >= 11 is 0. The van der Waals surface area contributed by atoms with Gasteiger partial charge in [-0.1, -0.05) is 26.0 Å². The summed E-state index contributed by atoms with van der Waals surface area (Å²) in [7, 11) is 0. The van der Waals surface area contributed by atoms with Crippen molar-refractivity contribution in [3.63, 3.8) is 0 Å². The second-order valence-corrected chi connectivity index (χ2v) is 4.24. The molecule has 2 N–H and O–H groups in total. The van der Waals surface area contributed by atoms with Gasteiger partial charge in [0.2, 0.25) is 0 Å². The second kappa shape index (κ2) is 4.87. The monoisotopic (exact) mass is 228 g/mol. The Hall–Kier alpha value is -2.03. The number of nitrogens with zero attached hydrogens (tertiary/aromatic N) is 1. The number of nitrogens with two attached hydrogens (primary N) is 1. The van der Waals surface area contributed by atoms with Crippen LogP contribution in [0.25, 0.3) is 0 Å². The molecule has 0 saturated carbocycles. The van der Waals surface area contributed by atoms with E-state index in [2.05, 4.69) is 31.0 Å². The molecular formula is C14H16N2O. The van der Waals surface area contributed by atoms with Crippen LogP contribution in [0.2, 0.25) is 0 Å². The smallest absolute Gasteiger partial charge is 0.153 e. The molecule has 1 aromatic carbocycles. The maximum atomic E-state index is 5.76. The first kappa shape index (κ1) is 11.5. The molecule has 0 bridgehead atoms. The minimum absolute atomic E-state index is 0.523. The summed E-state index contributed by atoms with van der Waals surface area (Å²) in [6.07, 6.45) is 3.24. The number of rotatable bonds is 3. The number of hydrogen-bond acceptors (Lipinski definition) is 3. The number of ether oxygens (including phenoxy) is 1. The standard InChI is InChI=1S/C14H16N2O/c1-10(2)11-3-5-12(6-4-11)17-14-7-8-16-9-13(14)15/h3-10H,15H2,1-2H3. The van der Waals surface area contributed by atoms with Gasteiger partial charge in [0, 0.05) is 12.3 Å². The molecule has 0 saturated heterocycles. The zero-order valence-corrected chi connectivity index (χ0v) is 10.1. The summed E-state index contributed by atoms with van der Waals surface area (Å²) in [6, 6.07) is 9.80. The zero-order chi connectivity index (χ0) is 12.3. The predicted molar refractivity (Wildman–Crippen MR) is 69.3 cm³/mol. The molecule has 3 nitrogen and oxygen atoms in total. The minimum atomic E-state index is 0.523. The third-order valence-corrected chi connectivity index (χ3v) is 2.58. The Morgan fingerprint density at radius 2 is 1.82 bits per heavy atom. The van der Waals surface area contributed by atoms with Crippen LogP contribution in [0.1, 0.15) is 25.3 Å². The van der Waals surface area contributed by atoms with Gasteiger partial charge in [-0.05, 0) is 23.6 Å². The van der Waals surface area contributed by atoms with Crippen molar-refractivity contribution < 1.29 is 4.74 Å². The van der Waals surface area contributed by atoms with E-state index < -0.39 is 0 Å². The molecule has 0 radical (unpaired) electrons. The van der Waals surface area contributed by atoms with Gasteiger partial charge < -0.3 is 10.5 Å². The summed E-state index contributed by atoms with van der Waals surface area (Å²) < 4.78 is 5.68. The van der Waals surface area contributed by atoms with Gasteiger partial charge in [-0.2, -0.15) is 0 Å². The molecule has 2 aromatic rings. The average Bonchev–Trinajstić information content (AvgIpc) is 2.33. The summed E-state index contributed by atoms with van der Waals surface area (Å²) in [4.78, 5) is 3.92. The SMILES string of the molecule is CC(C)c1ccc(Oc2ccncc2N)cc1. The first-order valence-corrected chi connectivity index (χ1v) is 5.64. The van der Waals surface area contributed by atoms with E-state index in [1.165, 1.54) is 5.56 Å². The van der Waals surface area contributed by atoms with E-state index in [1.54, 1.807) is 18.5 Å². The van der Waals surface area contributed by atoms with Gasteiger partial charge >= 0.3 is 0 Å². The quantitative estimate of drug-likeness (QED) is 0.873. The summed E-state index contributed by atoms with van der Waals surface area (Å²) in [6.45, 7) is 4.33. The molecular weight excluding hydrogens is 212 g/mol. The van der Waals surface area contributed by atoms with Crippen LogP contribution in [-0.4, -0.2) is 4.98 Å². The number of aromatic nitrogens is 1. The highest BCUT2D eigenvalue weighted by Gasteiger charge is 2.03. The fourth-order valence-electron chi connectivity index (χ4n) is 1.53. The Morgan fingerprint density at radius 3 is 2.41 bits per heavy atom. The van der Waals surface area contributed by atoms with Crippen molar-refractivity contribution in [3.05, 3.63) is 48.3 Å². The number of anilines is 1. The summed E-state index contributed by atoms with van der Waals surface area (Å²) in [5.41, 5.74) is 7.59. The molecule has 0 fully saturated rings. The Morgan fingerprint density at radius 1 is 1.12 bits per heavy atom. The van der Waals surface area contributed by atoms with Crippen LogP contribution in [0.5, 0.6) is 11.5 Å². The molecule has 0 aliphatic heterocycles. The fraction of sp³-hybridized carbons (Fsp3) is 0.214. The molecule has 0 amide bonds. The lowest BCUT2D eigenvalue weighted by molar-refractivity contribution is 0.484. The molecule has 0 unspecified atom stereocenters. The fourth-order valence-corrected chi connectivity index (χ4v) is 1.53. The second-order valence-electron chi connectivity index (χ2n) is 4.24. The van der Waals surface area contributed by atoms with Crippen molar-refractivity contribution in [2.45, 2.75) is 19.8 Å². The molecule has 2 rings (SSSR count). The van der Waals surface area contributed by atoms with Gasteiger partial charge in [0.05, 0.1) is 11.9 Å². The topological polar surface area (TPSA) is 48.1 Å². The summed E-state index contributed by atoms with van der Waals surface area (Å²) in [5, 5.41) is 0. The van der Waals surface area contributed by atoms with Crippen LogP contribution in [0.3, 0.4) is 0 Å². The molecule has 0 aliphatic carbocycles. The number of benzene rings is 1. The van der Waals surface area contributed by atoms with Crippen LogP contribution >= 0.6 is 0 Å². The lowest BCUT2D eigenvalue weighted by Gasteiger charge is -2.09. The van der Waals surface area contributed by atoms with Gasteiger partial charge in [0.1, 0.15) is 5.75 Å². The maximum absolute atomic E-state index is 5.76. The Kier molecular flexibility index (Phi) is 3.28. The van der Waals surface area contributed by atoms with Gasteiger partial charge in [-0.3, -0.25) is 4.98 Å². The molecule has 1 heterocycles. The molecule has 88 valence electrons. The van der Waals surface area contributed by atoms with Crippen molar-refractivity contribution >= 4 is 5.69 Å². The predicted octanol–water partition coefficient (Wildman–Crippen LogP) is 3.58. The van der Waals surface area contributed by atoms with Gasteiger partial charge in [-0.15, -0.1) is 0 Å². The maximum Gasteiger partial charge on any atom is 0.153 e. The first-order chi connectivity index (χ1) is 8.16. The van der Waals surface area contributed by atoms with E-state index in [0.29, 0.717) is 17.4 Å². The third kappa shape index (κ3) is 2.75. The third-order valence-electron chi connectivity index (χ3n) is 2.58. The Balaban J connectivity index is 2.17. The van der Waals surface area contributed by atoms with E-state index >= 15 is 0 Å². The highest BCUT2D eigenvalue weighted by atomic mass is 16.5. The number of nitrogen functional groups attached to an aromatic ring is 1. The van der Waals surface area contributed by atoms with Crippen LogP contribution < -0.4 is 10.5 Å². The molecule has 0 atom stereocenters. The average molecular weight is 228 g/mol. The largest absolute Gasteiger partial charge is 0.455 e. The van der Waals surface area contributed by atoms with Crippen molar-refractivity contribution in [2.75, 3.05) is 5.73 Å². The number of hydrogen-bond donors (Lipinski definition) is 1. The summed E-state index contributed by atoms with van der Waals surface area (Å²) in [5.74, 6) is 1.94. The van der Waals surface area contributed by atoms with E-state index in [0.717, 1.165) is 5.75 Å². The van der Waals surface area contributed by atoms with E-state index in [9.17, 15) is 0 Å². The van der Waals surface area contributed by atoms with E-state index in [4.69, 9.17) is 10.5 Å². The Labute approximate surface area is 101 Å². The van der Waals surface area contributed by atoms with Crippen LogP contribution in [-0.2, 0) is 0 Å². The van der Waals surface area contributed by atoms with Crippen molar-refractivity contribution in [3.8, 4) is 11.5 Å². The van der Waals surface area contributed by atoms with Crippen LogP contribution in [0.4, 0.5) is 5.69 Å². The highest BCUT2D eigenvalue weighted by molar-refractivity contribution is 5.51. The van der Waals surface area contributed by atoms with Gasteiger partial charge in [0.25, 0.3) is 0 Å². The molecule has 3 heteroatoms. The normalized spacial score (nSPS) is 10.5. The first-order valence-electron chi connectivity index (χ1n) is 5.64. The van der Waals surface area contributed by atoms with Crippen molar-refractivity contribution in [1.29, 1.82) is 0 Å². The Bertz CT molecular complexity index is 492. The minimum Gasteiger partial charge on any atom is -0.455 e. The lowest BCUT2D eigenvalue weighted by Crippen LogP contribution is -1.93. The molecule has 1 aromatic heterocycles. The van der Waals surface area contributed by atoms with E-state index in [1.807, 2.05) is 12.1 Å². The van der Waals surface area contributed by atoms with Crippen molar-refractivity contribution in [1.82, 2.24) is 4.98 Å². The lowest BCUT2D eigenvalue weighted by atomic mass is 10.0. The van der Waals surface area contributed by atoms with Crippen molar-refractivity contribution in [2.24, 2.45) is 0 Å². The zero-order valence-electron chi connectivity index (χ0n) is 10.1. The molecule has 17 heavy (non-hydrogen) atoms. The molecule has 0 spiro atoms. The van der Waals surface area contributed by atoms with Crippen LogP contribution in [0.15, 0.2) is 42.7 Å². The van der Waals surface area contributed by atoms with E-state index in [-0.39, 0.29) is 0 Å². The van der Waals surface area contributed by atoms with Gasteiger partial charge in [-0.25, -0.2) is 0 Å². The van der Waals surface area contributed by atoms with Gasteiger partial charge in [0.15, 0.2) is 5.75 Å². The van der Waals surface area contributed by atoms with Crippen LogP contribution in [0, 0.1) is 0 Å². The molecule has 0 aliphatic rings. The number of pyridine rings is 1. The highest BCUT2D eigenvalue weighted by Crippen LogP contribution is 2.27.